The number of hydrogen-bond donors (Lipinski definition) is 1. The lowest BCUT2D eigenvalue weighted by molar-refractivity contribution is -0.0594. The van der Waals surface area contributed by atoms with Crippen LogP contribution in [0.2, 0.25) is 0 Å². The van der Waals surface area contributed by atoms with Crippen molar-refractivity contribution in [2.45, 2.75) is 19.3 Å². The Kier molecular flexibility index (Phi) is 3.40. The first-order valence-electron chi connectivity index (χ1n) is 6.01. The van der Waals surface area contributed by atoms with Crippen molar-refractivity contribution in [2.24, 2.45) is 0 Å². The molecule has 0 aliphatic carbocycles. The van der Waals surface area contributed by atoms with Gasteiger partial charge in [0.15, 0.2) is 0 Å². The fourth-order valence-corrected chi connectivity index (χ4v) is 2.79. The van der Waals surface area contributed by atoms with Gasteiger partial charge in [-0.1, -0.05) is 6.07 Å². The van der Waals surface area contributed by atoms with E-state index in [0.717, 1.165) is 25.5 Å². The number of ether oxygens (including phenoxy) is 2. The standard InChI is InChI=1S/C14H21NO2/c1-10-5-11(2)13(12(6-10)16-4)14(7-15-3)8-17-9-14/h5-6,15H,7-9H2,1-4H3. The van der Waals surface area contributed by atoms with Gasteiger partial charge < -0.3 is 14.8 Å². The molecular weight excluding hydrogens is 214 g/mol. The van der Waals surface area contributed by atoms with Crippen LogP contribution < -0.4 is 10.1 Å². The molecule has 0 bridgehead atoms. The number of aryl methyl sites for hydroxylation is 2. The Morgan fingerprint density at radius 2 is 2.06 bits per heavy atom. The zero-order valence-corrected chi connectivity index (χ0v) is 11.1. The van der Waals surface area contributed by atoms with E-state index in [-0.39, 0.29) is 5.41 Å². The van der Waals surface area contributed by atoms with E-state index in [2.05, 4.69) is 31.3 Å². The predicted molar refractivity (Wildman–Crippen MR) is 68.9 cm³/mol. The van der Waals surface area contributed by atoms with Gasteiger partial charge in [0.25, 0.3) is 0 Å². The van der Waals surface area contributed by atoms with E-state index < -0.39 is 0 Å². The molecule has 1 aromatic carbocycles. The van der Waals surface area contributed by atoms with Crippen molar-refractivity contribution in [3.05, 3.63) is 28.8 Å². The van der Waals surface area contributed by atoms with E-state index in [0.29, 0.717) is 0 Å². The highest BCUT2D eigenvalue weighted by Gasteiger charge is 2.42. The first kappa shape index (κ1) is 12.4. The topological polar surface area (TPSA) is 30.5 Å². The van der Waals surface area contributed by atoms with Gasteiger partial charge in [0.05, 0.1) is 25.7 Å². The maximum atomic E-state index is 5.55. The summed E-state index contributed by atoms with van der Waals surface area (Å²) in [5.41, 5.74) is 3.91. The van der Waals surface area contributed by atoms with Gasteiger partial charge in [-0.25, -0.2) is 0 Å². The molecule has 1 heterocycles. The number of rotatable bonds is 4. The molecule has 0 aromatic heterocycles. The summed E-state index contributed by atoms with van der Waals surface area (Å²) < 4.78 is 11.0. The molecule has 2 rings (SSSR count). The summed E-state index contributed by atoms with van der Waals surface area (Å²) in [5, 5.41) is 3.27. The summed E-state index contributed by atoms with van der Waals surface area (Å²) in [6, 6.07) is 4.33. The van der Waals surface area contributed by atoms with E-state index in [1.807, 2.05) is 7.05 Å². The molecular formula is C14H21NO2. The lowest BCUT2D eigenvalue weighted by atomic mass is 9.75. The molecule has 1 saturated heterocycles. The molecule has 1 aliphatic heterocycles. The van der Waals surface area contributed by atoms with Crippen LogP contribution in [-0.4, -0.2) is 33.9 Å². The number of methoxy groups -OCH3 is 1. The van der Waals surface area contributed by atoms with Crippen molar-refractivity contribution in [2.75, 3.05) is 33.9 Å². The Bertz CT molecular complexity index is 411. The van der Waals surface area contributed by atoms with Gasteiger partial charge >= 0.3 is 0 Å². The van der Waals surface area contributed by atoms with Crippen LogP contribution in [0.4, 0.5) is 0 Å². The van der Waals surface area contributed by atoms with Crippen molar-refractivity contribution in [3.8, 4) is 5.75 Å². The van der Waals surface area contributed by atoms with Crippen molar-refractivity contribution in [1.82, 2.24) is 5.32 Å². The molecule has 1 fully saturated rings. The first-order valence-corrected chi connectivity index (χ1v) is 6.01. The molecule has 94 valence electrons. The third-order valence-corrected chi connectivity index (χ3v) is 3.47. The summed E-state index contributed by atoms with van der Waals surface area (Å²) >= 11 is 0. The number of nitrogens with one attached hydrogen (secondary N) is 1. The number of benzene rings is 1. The van der Waals surface area contributed by atoms with Crippen LogP contribution in [-0.2, 0) is 10.2 Å². The molecule has 1 N–H and O–H groups in total. The van der Waals surface area contributed by atoms with Crippen LogP contribution >= 0.6 is 0 Å². The second-order valence-electron chi connectivity index (χ2n) is 4.96. The summed E-state index contributed by atoms with van der Waals surface area (Å²) in [4.78, 5) is 0. The SMILES string of the molecule is CNCC1(c2c(C)cc(C)cc2OC)COC1. The monoisotopic (exact) mass is 235 g/mol. The molecule has 0 saturated carbocycles. The first-order chi connectivity index (χ1) is 8.13. The van der Waals surface area contributed by atoms with Gasteiger partial charge in [-0.15, -0.1) is 0 Å². The molecule has 0 unspecified atom stereocenters. The lowest BCUT2D eigenvalue weighted by Gasteiger charge is -2.43. The Morgan fingerprint density at radius 3 is 2.53 bits per heavy atom. The van der Waals surface area contributed by atoms with Gasteiger partial charge in [-0.2, -0.15) is 0 Å². The molecule has 1 aliphatic rings. The second kappa shape index (κ2) is 4.67. The average Bonchev–Trinajstić information content (AvgIpc) is 2.23. The Balaban J connectivity index is 2.49. The number of likely N-dealkylation sites (N-methyl/N-ethyl adjacent to an activating group) is 1. The second-order valence-corrected chi connectivity index (χ2v) is 4.96. The van der Waals surface area contributed by atoms with Gasteiger partial charge in [-0.3, -0.25) is 0 Å². The summed E-state index contributed by atoms with van der Waals surface area (Å²) in [6.45, 7) is 6.72. The van der Waals surface area contributed by atoms with E-state index in [1.165, 1.54) is 16.7 Å². The van der Waals surface area contributed by atoms with E-state index in [9.17, 15) is 0 Å². The third kappa shape index (κ3) is 2.05. The van der Waals surface area contributed by atoms with Crippen LogP contribution in [0.3, 0.4) is 0 Å². The molecule has 3 heteroatoms. The highest BCUT2D eigenvalue weighted by molar-refractivity contribution is 5.49. The van der Waals surface area contributed by atoms with E-state index in [1.54, 1.807) is 7.11 Å². The summed E-state index contributed by atoms with van der Waals surface area (Å²) in [5.74, 6) is 0.987. The molecule has 0 radical (unpaired) electrons. The smallest absolute Gasteiger partial charge is 0.123 e. The Hall–Kier alpha value is -1.06. The van der Waals surface area contributed by atoms with Gasteiger partial charge in [-0.05, 0) is 38.1 Å². The fourth-order valence-electron chi connectivity index (χ4n) is 2.79. The minimum Gasteiger partial charge on any atom is -0.496 e. The highest BCUT2D eigenvalue weighted by Crippen LogP contribution is 2.40. The van der Waals surface area contributed by atoms with Gasteiger partial charge in [0.1, 0.15) is 5.75 Å². The zero-order valence-electron chi connectivity index (χ0n) is 11.1. The van der Waals surface area contributed by atoms with Crippen LogP contribution in [0.25, 0.3) is 0 Å². The van der Waals surface area contributed by atoms with Crippen LogP contribution in [0.1, 0.15) is 16.7 Å². The maximum absolute atomic E-state index is 5.55. The zero-order chi connectivity index (χ0) is 12.5. The van der Waals surface area contributed by atoms with Crippen molar-refractivity contribution >= 4 is 0 Å². The minimum atomic E-state index is 0.0812. The molecule has 0 spiro atoms. The fraction of sp³-hybridized carbons (Fsp3) is 0.571. The Labute approximate surface area is 103 Å². The average molecular weight is 235 g/mol. The van der Waals surface area contributed by atoms with Crippen LogP contribution in [0, 0.1) is 13.8 Å². The normalized spacial score (nSPS) is 17.6. The molecule has 1 aromatic rings. The van der Waals surface area contributed by atoms with E-state index >= 15 is 0 Å². The molecule has 0 atom stereocenters. The van der Waals surface area contributed by atoms with Gasteiger partial charge in [0, 0.05) is 12.1 Å². The molecule has 3 nitrogen and oxygen atoms in total. The Morgan fingerprint density at radius 1 is 1.35 bits per heavy atom. The maximum Gasteiger partial charge on any atom is 0.123 e. The minimum absolute atomic E-state index is 0.0812. The van der Waals surface area contributed by atoms with E-state index in [4.69, 9.17) is 9.47 Å². The summed E-state index contributed by atoms with van der Waals surface area (Å²) in [7, 11) is 3.72. The summed E-state index contributed by atoms with van der Waals surface area (Å²) in [6.07, 6.45) is 0. The molecule has 0 amide bonds. The third-order valence-electron chi connectivity index (χ3n) is 3.47. The highest BCUT2D eigenvalue weighted by atomic mass is 16.5. The number of hydrogen-bond acceptors (Lipinski definition) is 3. The lowest BCUT2D eigenvalue weighted by Crippen LogP contribution is -2.53. The molecule has 17 heavy (non-hydrogen) atoms. The predicted octanol–water partition coefficient (Wildman–Crippen LogP) is 1.80. The largest absolute Gasteiger partial charge is 0.496 e. The quantitative estimate of drug-likeness (QED) is 0.863. The van der Waals surface area contributed by atoms with Crippen molar-refractivity contribution < 1.29 is 9.47 Å². The van der Waals surface area contributed by atoms with Crippen molar-refractivity contribution in [1.29, 1.82) is 0 Å². The van der Waals surface area contributed by atoms with Crippen LogP contribution in [0.15, 0.2) is 12.1 Å². The van der Waals surface area contributed by atoms with Crippen LogP contribution in [0.5, 0.6) is 5.75 Å². The van der Waals surface area contributed by atoms with Gasteiger partial charge in [0.2, 0.25) is 0 Å². The van der Waals surface area contributed by atoms with Crippen molar-refractivity contribution in [3.63, 3.8) is 0 Å².